The van der Waals surface area contributed by atoms with Gasteiger partial charge in [0.2, 0.25) is 0 Å². The minimum Gasteiger partial charge on any atom is -0.378 e. The lowest BCUT2D eigenvalue weighted by Crippen LogP contribution is -2.07. The van der Waals surface area contributed by atoms with Crippen LogP contribution in [0.1, 0.15) is 21.7 Å². The quantitative estimate of drug-likeness (QED) is 0.798. The molecule has 0 atom stereocenters. The van der Waals surface area contributed by atoms with Crippen LogP contribution in [0.25, 0.3) is 0 Å². The van der Waals surface area contributed by atoms with Crippen LogP contribution in [-0.4, -0.2) is 23.2 Å². The fourth-order valence-corrected chi connectivity index (χ4v) is 2.19. The average molecular weight is 309 g/mol. The summed E-state index contributed by atoms with van der Waals surface area (Å²) in [5.41, 5.74) is 2.43. The number of aromatic nitrogens is 2. The first-order chi connectivity index (χ1) is 8.72. The third kappa shape index (κ3) is 3.05. The lowest BCUT2D eigenvalue weighted by Gasteiger charge is -2.07. The largest absolute Gasteiger partial charge is 0.378 e. The highest BCUT2D eigenvalue weighted by atomic mass is 79.9. The predicted octanol–water partition coefficient (Wildman–Crippen LogP) is 2.65. The highest BCUT2D eigenvalue weighted by molar-refractivity contribution is 9.10. The van der Waals surface area contributed by atoms with Crippen molar-refractivity contribution in [1.82, 2.24) is 9.78 Å². The van der Waals surface area contributed by atoms with E-state index in [9.17, 15) is 4.79 Å². The normalized spacial score (nSPS) is 10.6. The predicted molar refractivity (Wildman–Crippen MR) is 71.6 cm³/mol. The first-order valence-electron chi connectivity index (χ1n) is 5.48. The average Bonchev–Trinajstić information content (AvgIpc) is 2.72. The van der Waals surface area contributed by atoms with Crippen LogP contribution >= 0.6 is 15.9 Å². The van der Waals surface area contributed by atoms with E-state index in [0.717, 1.165) is 22.0 Å². The maximum Gasteiger partial charge on any atom is 0.170 e. The van der Waals surface area contributed by atoms with E-state index in [1.807, 2.05) is 24.3 Å². The molecule has 1 aromatic heterocycles. The Morgan fingerprint density at radius 3 is 2.94 bits per heavy atom. The van der Waals surface area contributed by atoms with Crippen LogP contribution in [0.3, 0.4) is 0 Å². The number of nitrogens with zero attached hydrogens (tertiary/aromatic N) is 2. The zero-order valence-corrected chi connectivity index (χ0v) is 11.6. The molecule has 0 unspecified atom stereocenters. The van der Waals surface area contributed by atoms with Crippen LogP contribution in [0.4, 0.5) is 0 Å². The van der Waals surface area contributed by atoms with Crippen molar-refractivity contribution >= 4 is 22.2 Å². The van der Waals surface area contributed by atoms with E-state index < -0.39 is 0 Å². The third-order valence-corrected chi connectivity index (χ3v) is 3.01. The summed E-state index contributed by atoms with van der Waals surface area (Å²) in [4.78, 5) is 10.8. The number of rotatable bonds is 5. The summed E-state index contributed by atoms with van der Waals surface area (Å²) in [6.45, 7) is 1.06. The molecule has 0 amide bonds. The first kappa shape index (κ1) is 13.0. The van der Waals surface area contributed by atoms with Crippen LogP contribution in [0, 0.1) is 0 Å². The van der Waals surface area contributed by atoms with E-state index in [4.69, 9.17) is 4.74 Å². The number of ether oxygens (including phenoxy) is 1. The van der Waals surface area contributed by atoms with Crippen molar-refractivity contribution in [3.63, 3.8) is 0 Å². The van der Waals surface area contributed by atoms with Crippen molar-refractivity contribution in [2.45, 2.75) is 13.2 Å². The van der Waals surface area contributed by atoms with Crippen LogP contribution in [0.2, 0.25) is 0 Å². The molecule has 0 aliphatic carbocycles. The van der Waals surface area contributed by atoms with E-state index >= 15 is 0 Å². The zero-order chi connectivity index (χ0) is 13.0. The fourth-order valence-electron chi connectivity index (χ4n) is 1.74. The summed E-state index contributed by atoms with van der Waals surface area (Å²) in [5, 5.41) is 4.23. The second kappa shape index (κ2) is 5.93. The van der Waals surface area contributed by atoms with Crippen LogP contribution < -0.4 is 0 Å². The molecule has 0 bridgehead atoms. The number of aldehydes is 1. The van der Waals surface area contributed by atoms with Gasteiger partial charge in [-0.2, -0.15) is 5.10 Å². The molecule has 4 nitrogen and oxygen atoms in total. The monoisotopic (exact) mass is 308 g/mol. The molecule has 0 N–H and O–H groups in total. The molecule has 1 aromatic carbocycles. The Balaban J connectivity index is 2.27. The maximum atomic E-state index is 10.8. The molecule has 18 heavy (non-hydrogen) atoms. The van der Waals surface area contributed by atoms with E-state index in [-0.39, 0.29) is 0 Å². The minimum absolute atomic E-state index is 0.428. The molecular formula is C13H13BrN2O2. The van der Waals surface area contributed by atoms with E-state index in [1.54, 1.807) is 17.9 Å². The van der Waals surface area contributed by atoms with Gasteiger partial charge in [0.15, 0.2) is 6.29 Å². The number of halogens is 1. The summed E-state index contributed by atoms with van der Waals surface area (Å²) >= 11 is 3.43. The Labute approximate surface area is 114 Å². The zero-order valence-electron chi connectivity index (χ0n) is 9.97. The second-order valence-corrected chi connectivity index (χ2v) is 4.81. The van der Waals surface area contributed by atoms with Gasteiger partial charge in [0, 0.05) is 11.6 Å². The van der Waals surface area contributed by atoms with Gasteiger partial charge in [0.1, 0.15) is 5.69 Å². The Morgan fingerprint density at radius 1 is 1.44 bits per heavy atom. The number of hydrogen-bond acceptors (Lipinski definition) is 3. The lowest BCUT2D eigenvalue weighted by molar-refractivity contribution is 0.111. The standard InChI is InChI=1S/C13H13BrN2O2/c1-18-9-13-6-12(8-17)15-16(13)7-10-3-2-4-11(14)5-10/h2-6,8H,7,9H2,1H3. The molecule has 1 heterocycles. The van der Waals surface area contributed by atoms with Gasteiger partial charge in [-0.1, -0.05) is 28.1 Å². The highest BCUT2D eigenvalue weighted by Crippen LogP contribution is 2.14. The number of methoxy groups -OCH3 is 1. The van der Waals surface area contributed by atoms with Gasteiger partial charge < -0.3 is 4.74 Å². The summed E-state index contributed by atoms with van der Waals surface area (Å²) in [6.07, 6.45) is 0.747. The van der Waals surface area contributed by atoms with Gasteiger partial charge in [-0.25, -0.2) is 0 Å². The lowest BCUT2D eigenvalue weighted by atomic mass is 10.2. The SMILES string of the molecule is COCc1cc(C=O)nn1Cc1cccc(Br)c1. The van der Waals surface area contributed by atoms with Crippen molar-refractivity contribution in [3.05, 3.63) is 51.8 Å². The summed E-state index contributed by atoms with van der Waals surface area (Å²) < 4.78 is 7.91. The Bertz CT molecular complexity index is 552. The number of carbonyl (C=O) groups excluding carboxylic acids is 1. The minimum atomic E-state index is 0.428. The Morgan fingerprint density at radius 2 is 2.28 bits per heavy atom. The first-order valence-corrected chi connectivity index (χ1v) is 6.27. The molecule has 0 radical (unpaired) electrons. The van der Waals surface area contributed by atoms with Crippen LogP contribution in [0.5, 0.6) is 0 Å². The molecule has 2 rings (SSSR count). The topological polar surface area (TPSA) is 44.1 Å². The fraction of sp³-hybridized carbons (Fsp3) is 0.231. The maximum absolute atomic E-state index is 10.8. The Hall–Kier alpha value is -1.46. The van der Waals surface area contributed by atoms with Crippen molar-refractivity contribution in [2.24, 2.45) is 0 Å². The van der Waals surface area contributed by atoms with Gasteiger partial charge in [0.25, 0.3) is 0 Å². The second-order valence-electron chi connectivity index (χ2n) is 3.90. The highest BCUT2D eigenvalue weighted by Gasteiger charge is 2.07. The number of carbonyl (C=O) groups is 1. The summed E-state index contributed by atoms with van der Waals surface area (Å²) in [7, 11) is 1.62. The van der Waals surface area contributed by atoms with Gasteiger partial charge in [-0.15, -0.1) is 0 Å². The third-order valence-electron chi connectivity index (χ3n) is 2.52. The summed E-state index contributed by atoms with van der Waals surface area (Å²) in [5.74, 6) is 0. The van der Waals surface area contributed by atoms with Gasteiger partial charge >= 0.3 is 0 Å². The van der Waals surface area contributed by atoms with Gasteiger partial charge in [0.05, 0.1) is 18.8 Å². The molecule has 0 aliphatic rings. The van der Waals surface area contributed by atoms with E-state index in [2.05, 4.69) is 21.0 Å². The smallest absolute Gasteiger partial charge is 0.170 e. The molecule has 0 saturated carbocycles. The molecule has 5 heteroatoms. The molecule has 94 valence electrons. The number of hydrogen-bond donors (Lipinski definition) is 0. The van der Waals surface area contributed by atoms with E-state index in [0.29, 0.717) is 18.8 Å². The van der Waals surface area contributed by atoms with Crippen molar-refractivity contribution in [1.29, 1.82) is 0 Å². The molecule has 0 saturated heterocycles. The number of benzene rings is 1. The summed E-state index contributed by atoms with van der Waals surface area (Å²) in [6, 6.07) is 9.73. The van der Waals surface area contributed by atoms with Crippen molar-refractivity contribution < 1.29 is 9.53 Å². The van der Waals surface area contributed by atoms with Crippen molar-refractivity contribution in [3.8, 4) is 0 Å². The molecule has 2 aromatic rings. The van der Waals surface area contributed by atoms with Crippen molar-refractivity contribution in [2.75, 3.05) is 7.11 Å². The molecular weight excluding hydrogens is 296 g/mol. The van der Waals surface area contributed by atoms with Crippen LogP contribution in [0.15, 0.2) is 34.8 Å². The molecule has 0 aliphatic heterocycles. The van der Waals surface area contributed by atoms with E-state index in [1.165, 1.54) is 0 Å². The van der Waals surface area contributed by atoms with Gasteiger partial charge in [-0.3, -0.25) is 9.48 Å². The van der Waals surface area contributed by atoms with Crippen LogP contribution in [-0.2, 0) is 17.9 Å². The Kier molecular flexibility index (Phi) is 4.28. The van der Waals surface area contributed by atoms with Gasteiger partial charge in [-0.05, 0) is 23.8 Å². The molecule has 0 spiro atoms. The molecule has 0 fully saturated rings.